The molecule has 0 amide bonds. The molecule has 19 heavy (non-hydrogen) atoms. The van der Waals surface area contributed by atoms with E-state index in [1.54, 1.807) is 0 Å². The summed E-state index contributed by atoms with van der Waals surface area (Å²) in [6.07, 6.45) is 2.05. The molecule has 0 radical (unpaired) electrons. The Hall–Kier alpha value is -1.14. The molecule has 0 heterocycles. The van der Waals surface area contributed by atoms with Crippen molar-refractivity contribution in [2.24, 2.45) is 5.92 Å². The number of nitrogens with zero attached hydrogens (tertiary/aromatic N) is 1. The fourth-order valence-electron chi connectivity index (χ4n) is 2.20. The topological polar surface area (TPSA) is 63.4 Å². The summed E-state index contributed by atoms with van der Waals surface area (Å²) in [6.45, 7) is 3.36. The highest BCUT2D eigenvalue weighted by Crippen LogP contribution is 2.37. The second-order valence-electron chi connectivity index (χ2n) is 5.25. The fraction of sp³-hybridized carbons (Fsp3) is 0.538. The number of halogens is 1. The molecule has 2 N–H and O–H groups in total. The summed E-state index contributed by atoms with van der Waals surface area (Å²) >= 11 is 0. The van der Waals surface area contributed by atoms with Crippen LogP contribution in [0.5, 0.6) is 0 Å². The average Bonchev–Trinajstić information content (AvgIpc) is 3.15. The first-order chi connectivity index (χ1) is 8.75. The zero-order chi connectivity index (χ0) is 14.4. The molecular weight excluding hydrogens is 267 g/mol. The van der Waals surface area contributed by atoms with Crippen LogP contribution in [0, 0.1) is 18.7 Å². The quantitative estimate of drug-likeness (QED) is 0.862. The molecule has 1 saturated carbocycles. The zero-order valence-corrected chi connectivity index (χ0v) is 12.2. The smallest absolute Gasteiger partial charge is 0.246 e. The van der Waals surface area contributed by atoms with E-state index in [-0.39, 0.29) is 22.2 Å². The molecule has 0 saturated heterocycles. The minimum absolute atomic E-state index is 0.119. The van der Waals surface area contributed by atoms with Gasteiger partial charge in [-0.05, 0) is 50.3 Å². The maximum atomic E-state index is 14.1. The Balaban J connectivity index is 2.44. The standard InChI is InChI=1S/C13H19FN2O2S/c1-8-6-11(15)7-12(13(8)14)19(17,18)16(3)9(2)10-4-5-10/h6-7,9-10H,4-5,15H2,1-3H3. The molecule has 2 rings (SSSR count). The number of hydrogen-bond acceptors (Lipinski definition) is 3. The minimum Gasteiger partial charge on any atom is -0.399 e. The van der Waals surface area contributed by atoms with Gasteiger partial charge in [-0.2, -0.15) is 4.31 Å². The molecule has 1 aliphatic carbocycles. The van der Waals surface area contributed by atoms with E-state index in [1.807, 2.05) is 6.92 Å². The highest BCUT2D eigenvalue weighted by molar-refractivity contribution is 7.89. The van der Waals surface area contributed by atoms with Crippen LogP contribution in [0.4, 0.5) is 10.1 Å². The lowest BCUT2D eigenvalue weighted by molar-refractivity contribution is 0.355. The van der Waals surface area contributed by atoms with E-state index < -0.39 is 15.8 Å². The van der Waals surface area contributed by atoms with Gasteiger partial charge in [0.05, 0.1) is 0 Å². The molecule has 0 aromatic heterocycles. The van der Waals surface area contributed by atoms with E-state index >= 15 is 0 Å². The molecule has 0 aliphatic heterocycles. The Morgan fingerprint density at radius 2 is 2.00 bits per heavy atom. The molecule has 1 fully saturated rings. The summed E-state index contributed by atoms with van der Waals surface area (Å²) in [4.78, 5) is -0.333. The third-order valence-electron chi connectivity index (χ3n) is 3.78. The van der Waals surface area contributed by atoms with Gasteiger partial charge in [0.2, 0.25) is 10.0 Å². The number of benzene rings is 1. The number of rotatable bonds is 4. The Morgan fingerprint density at radius 1 is 1.42 bits per heavy atom. The normalized spacial score (nSPS) is 17.7. The van der Waals surface area contributed by atoms with Gasteiger partial charge >= 0.3 is 0 Å². The van der Waals surface area contributed by atoms with Crippen molar-refractivity contribution in [2.75, 3.05) is 12.8 Å². The van der Waals surface area contributed by atoms with Crippen LogP contribution < -0.4 is 5.73 Å². The van der Waals surface area contributed by atoms with Gasteiger partial charge in [-0.3, -0.25) is 0 Å². The predicted octanol–water partition coefficient (Wildman–Crippen LogP) is 2.14. The average molecular weight is 286 g/mol. The highest BCUT2D eigenvalue weighted by Gasteiger charge is 2.37. The van der Waals surface area contributed by atoms with Crippen molar-refractivity contribution >= 4 is 15.7 Å². The highest BCUT2D eigenvalue weighted by atomic mass is 32.2. The summed E-state index contributed by atoms with van der Waals surface area (Å²) in [5.74, 6) is -0.339. The summed E-state index contributed by atoms with van der Waals surface area (Å²) in [5, 5.41) is 0. The second kappa shape index (κ2) is 4.76. The summed E-state index contributed by atoms with van der Waals surface area (Å²) in [6, 6.07) is 2.50. The van der Waals surface area contributed by atoms with Crippen molar-refractivity contribution < 1.29 is 12.8 Å². The maximum Gasteiger partial charge on any atom is 0.246 e. The first-order valence-electron chi connectivity index (χ1n) is 6.28. The molecule has 4 nitrogen and oxygen atoms in total. The molecule has 1 aromatic rings. The van der Waals surface area contributed by atoms with E-state index in [9.17, 15) is 12.8 Å². The summed E-state index contributed by atoms with van der Waals surface area (Å²) in [5.41, 5.74) is 6.12. The van der Waals surface area contributed by atoms with Crippen LogP contribution >= 0.6 is 0 Å². The first-order valence-corrected chi connectivity index (χ1v) is 7.73. The van der Waals surface area contributed by atoms with Gasteiger partial charge in [0.1, 0.15) is 10.7 Å². The number of nitrogens with two attached hydrogens (primary N) is 1. The molecule has 0 bridgehead atoms. The fourth-order valence-corrected chi connectivity index (χ4v) is 3.79. The Labute approximate surface area is 113 Å². The van der Waals surface area contributed by atoms with E-state index in [2.05, 4.69) is 0 Å². The van der Waals surface area contributed by atoms with Crippen molar-refractivity contribution in [3.05, 3.63) is 23.5 Å². The van der Waals surface area contributed by atoms with Gasteiger partial charge in [0.25, 0.3) is 0 Å². The lowest BCUT2D eigenvalue weighted by Crippen LogP contribution is -2.37. The van der Waals surface area contributed by atoms with Crippen LogP contribution in [-0.2, 0) is 10.0 Å². The largest absolute Gasteiger partial charge is 0.399 e. The van der Waals surface area contributed by atoms with E-state index in [0.29, 0.717) is 5.92 Å². The van der Waals surface area contributed by atoms with Crippen LogP contribution in [0.15, 0.2) is 17.0 Å². The monoisotopic (exact) mass is 286 g/mol. The van der Waals surface area contributed by atoms with Crippen molar-refractivity contribution in [3.8, 4) is 0 Å². The van der Waals surface area contributed by atoms with Crippen molar-refractivity contribution in [1.82, 2.24) is 4.31 Å². The number of nitrogen functional groups attached to an aromatic ring is 1. The first kappa shape index (κ1) is 14.3. The van der Waals surface area contributed by atoms with Crippen LogP contribution in [0.25, 0.3) is 0 Å². The van der Waals surface area contributed by atoms with E-state index in [4.69, 9.17) is 5.73 Å². The van der Waals surface area contributed by atoms with E-state index in [0.717, 1.165) is 12.8 Å². The second-order valence-corrected chi connectivity index (χ2v) is 7.22. The zero-order valence-electron chi connectivity index (χ0n) is 11.4. The van der Waals surface area contributed by atoms with Crippen molar-refractivity contribution in [3.63, 3.8) is 0 Å². The third kappa shape index (κ3) is 2.60. The lowest BCUT2D eigenvalue weighted by Gasteiger charge is -2.24. The van der Waals surface area contributed by atoms with Crippen LogP contribution in [0.2, 0.25) is 0 Å². The van der Waals surface area contributed by atoms with Gasteiger partial charge in [0, 0.05) is 18.8 Å². The summed E-state index contributed by atoms with van der Waals surface area (Å²) < 4.78 is 40.2. The molecule has 1 unspecified atom stereocenters. The molecule has 1 aliphatic rings. The Kier molecular flexibility index (Phi) is 3.57. The Morgan fingerprint density at radius 3 is 2.53 bits per heavy atom. The molecule has 106 valence electrons. The number of anilines is 1. The van der Waals surface area contributed by atoms with Crippen LogP contribution in [0.3, 0.4) is 0 Å². The molecule has 1 atom stereocenters. The van der Waals surface area contributed by atoms with Gasteiger partial charge in [0.15, 0.2) is 0 Å². The number of hydrogen-bond donors (Lipinski definition) is 1. The molecular formula is C13H19FN2O2S. The van der Waals surface area contributed by atoms with Crippen molar-refractivity contribution in [1.29, 1.82) is 0 Å². The predicted molar refractivity (Wildman–Crippen MR) is 72.7 cm³/mol. The Bertz CT molecular complexity index is 597. The lowest BCUT2D eigenvalue weighted by atomic mass is 10.2. The number of aryl methyl sites for hydroxylation is 1. The third-order valence-corrected chi connectivity index (χ3v) is 5.72. The van der Waals surface area contributed by atoms with Gasteiger partial charge in [-0.1, -0.05) is 0 Å². The molecule has 0 spiro atoms. The van der Waals surface area contributed by atoms with E-state index in [1.165, 1.54) is 30.4 Å². The molecule has 6 heteroatoms. The van der Waals surface area contributed by atoms with Crippen LogP contribution in [0.1, 0.15) is 25.3 Å². The van der Waals surface area contributed by atoms with Gasteiger partial charge in [-0.25, -0.2) is 12.8 Å². The van der Waals surface area contributed by atoms with Gasteiger partial charge in [-0.15, -0.1) is 0 Å². The maximum absolute atomic E-state index is 14.1. The van der Waals surface area contributed by atoms with Gasteiger partial charge < -0.3 is 5.73 Å². The van der Waals surface area contributed by atoms with Crippen LogP contribution in [-0.4, -0.2) is 25.8 Å². The summed E-state index contributed by atoms with van der Waals surface area (Å²) in [7, 11) is -2.34. The number of sulfonamides is 1. The molecule has 1 aromatic carbocycles. The SMILES string of the molecule is Cc1cc(N)cc(S(=O)(=O)N(C)C(C)C2CC2)c1F. The minimum atomic E-state index is -3.84. The van der Waals surface area contributed by atoms with Crippen molar-refractivity contribution in [2.45, 2.75) is 37.6 Å².